The first-order valence-corrected chi connectivity index (χ1v) is 7.08. The highest BCUT2D eigenvalue weighted by molar-refractivity contribution is 5.77. The van der Waals surface area contributed by atoms with Gasteiger partial charge in [-0.3, -0.25) is 0 Å². The Balaban J connectivity index is 1.84. The number of aromatic amines is 1. The van der Waals surface area contributed by atoms with Crippen molar-refractivity contribution in [3.05, 3.63) is 59.4 Å². The number of aryl methyl sites for hydroxylation is 1. The third-order valence-corrected chi connectivity index (χ3v) is 4.18. The monoisotopic (exact) mass is 264 g/mol. The maximum absolute atomic E-state index is 9.56. The van der Waals surface area contributed by atoms with E-state index in [2.05, 4.69) is 29.2 Å². The Bertz CT molecular complexity index is 776. The highest BCUT2D eigenvalue weighted by Gasteiger charge is 2.23. The molecular weight excluding hydrogens is 248 g/mol. The van der Waals surface area contributed by atoms with E-state index in [0.29, 0.717) is 5.92 Å². The number of nitrogens with one attached hydrogen (secondary N) is 1. The smallest absolute Gasteiger partial charge is 0.117 e. The molecule has 1 unspecified atom stereocenters. The van der Waals surface area contributed by atoms with E-state index in [-0.39, 0.29) is 5.75 Å². The highest BCUT2D eigenvalue weighted by atomic mass is 16.3. The van der Waals surface area contributed by atoms with Crippen LogP contribution in [0.2, 0.25) is 0 Å². The molecule has 0 aliphatic heterocycles. The molecule has 4 rings (SSSR count). The quantitative estimate of drug-likeness (QED) is 0.703. The number of rotatable bonds is 1. The first kappa shape index (κ1) is 11.5. The molecule has 0 amide bonds. The second-order valence-corrected chi connectivity index (χ2v) is 5.47. The summed E-state index contributed by atoms with van der Waals surface area (Å²) in [6.45, 7) is 0. The zero-order chi connectivity index (χ0) is 13.5. The van der Waals surface area contributed by atoms with E-state index in [0.717, 1.165) is 29.7 Å². The Hall–Kier alpha value is -2.29. The van der Waals surface area contributed by atoms with E-state index in [1.807, 2.05) is 6.07 Å². The maximum Gasteiger partial charge on any atom is 0.117 e. The van der Waals surface area contributed by atoms with Crippen LogP contribution in [-0.2, 0) is 6.42 Å². The van der Waals surface area contributed by atoms with Crippen LogP contribution in [0.5, 0.6) is 5.75 Å². The number of nitrogens with zero attached hydrogens (tertiary/aromatic N) is 1. The van der Waals surface area contributed by atoms with Crippen LogP contribution in [0.25, 0.3) is 11.0 Å². The summed E-state index contributed by atoms with van der Waals surface area (Å²) in [4.78, 5) is 8.09. The van der Waals surface area contributed by atoms with Crippen molar-refractivity contribution in [2.75, 3.05) is 0 Å². The molecule has 3 aromatic rings. The van der Waals surface area contributed by atoms with E-state index in [4.69, 9.17) is 4.98 Å². The molecule has 0 bridgehead atoms. The molecule has 0 saturated carbocycles. The molecule has 0 radical (unpaired) electrons. The fraction of sp³-hybridized carbons (Fsp3) is 0.235. The minimum Gasteiger partial charge on any atom is -0.508 e. The Morgan fingerprint density at radius 2 is 2.05 bits per heavy atom. The Morgan fingerprint density at radius 3 is 3.00 bits per heavy atom. The van der Waals surface area contributed by atoms with Crippen molar-refractivity contribution in [1.82, 2.24) is 9.97 Å². The molecule has 1 heterocycles. The third-order valence-electron chi connectivity index (χ3n) is 4.18. The summed E-state index contributed by atoms with van der Waals surface area (Å²) in [6, 6.07) is 13.9. The fourth-order valence-electron chi connectivity index (χ4n) is 3.22. The van der Waals surface area contributed by atoms with Gasteiger partial charge < -0.3 is 10.1 Å². The standard InChI is InChI=1S/C17H16N2O/c20-12-8-9-15-16(10-12)19-17(18-15)14-7-3-5-11-4-1-2-6-13(11)14/h1-2,4,6,8-10,14,20H,3,5,7H2,(H,18,19). The van der Waals surface area contributed by atoms with Crippen molar-refractivity contribution in [3.8, 4) is 5.75 Å². The molecule has 1 aliphatic carbocycles. The van der Waals surface area contributed by atoms with Crippen molar-refractivity contribution in [3.63, 3.8) is 0 Å². The van der Waals surface area contributed by atoms with E-state index in [9.17, 15) is 5.11 Å². The molecule has 0 spiro atoms. The van der Waals surface area contributed by atoms with Gasteiger partial charge in [-0.1, -0.05) is 24.3 Å². The summed E-state index contributed by atoms with van der Waals surface area (Å²) in [5.74, 6) is 1.63. The number of hydrogen-bond donors (Lipinski definition) is 2. The molecular formula is C17H16N2O. The Kier molecular flexibility index (Phi) is 2.52. The summed E-state index contributed by atoms with van der Waals surface area (Å²) in [5, 5.41) is 9.56. The molecule has 2 aromatic carbocycles. The lowest BCUT2D eigenvalue weighted by Gasteiger charge is -2.23. The van der Waals surface area contributed by atoms with Crippen molar-refractivity contribution in [2.24, 2.45) is 0 Å². The second kappa shape index (κ2) is 4.37. The summed E-state index contributed by atoms with van der Waals surface area (Å²) in [6.07, 6.45) is 3.49. The average molecular weight is 264 g/mol. The van der Waals surface area contributed by atoms with Crippen LogP contribution in [0.4, 0.5) is 0 Å². The zero-order valence-electron chi connectivity index (χ0n) is 11.1. The van der Waals surface area contributed by atoms with Crippen molar-refractivity contribution >= 4 is 11.0 Å². The number of fused-ring (bicyclic) bond motifs is 2. The lowest BCUT2D eigenvalue weighted by Crippen LogP contribution is -2.12. The lowest BCUT2D eigenvalue weighted by molar-refractivity contribution is 0.476. The molecule has 2 N–H and O–H groups in total. The highest BCUT2D eigenvalue weighted by Crippen LogP contribution is 2.36. The number of aromatic hydroxyl groups is 1. The topological polar surface area (TPSA) is 48.9 Å². The van der Waals surface area contributed by atoms with Gasteiger partial charge in [-0.05, 0) is 42.5 Å². The number of phenols is 1. The number of benzene rings is 2. The van der Waals surface area contributed by atoms with Gasteiger partial charge in [0.1, 0.15) is 11.6 Å². The van der Waals surface area contributed by atoms with E-state index < -0.39 is 0 Å². The van der Waals surface area contributed by atoms with Gasteiger partial charge in [0, 0.05) is 12.0 Å². The molecule has 100 valence electrons. The number of imidazole rings is 1. The summed E-state index contributed by atoms with van der Waals surface area (Å²) in [5.41, 5.74) is 4.65. The van der Waals surface area contributed by atoms with Gasteiger partial charge in [0.2, 0.25) is 0 Å². The molecule has 1 atom stereocenters. The second-order valence-electron chi connectivity index (χ2n) is 5.47. The Morgan fingerprint density at radius 1 is 1.15 bits per heavy atom. The van der Waals surface area contributed by atoms with Crippen LogP contribution in [0.3, 0.4) is 0 Å². The normalized spacial score (nSPS) is 18.1. The van der Waals surface area contributed by atoms with Crippen LogP contribution in [0.15, 0.2) is 42.5 Å². The number of H-pyrrole nitrogens is 1. The first-order chi connectivity index (χ1) is 9.81. The van der Waals surface area contributed by atoms with Crippen LogP contribution in [0, 0.1) is 0 Å². The maximum atomic E-state index is 9.56. The minimum atomic E-state index is 0.275. The van der Waals surface area contributed by atoms with E-state index >= 15 is 0 Å². The van der Waals surface area contributed by atoms with E-state index in [1.165, 1.54) is 17.5 Å². The van der Waals surface area contributed by atoms with Gasteiger partial charge in [0.25, 0.3) is 0 Å². The van der Waals surface area contributed by atoms with Crippen LogP contribution in [0.1, 0.15) is 35.7 Å². The lowest BCUT2D eigenvalue weighted by atomic mass is 9.82. The molecule has 0 saturated heterocycles. The third kappa shape index (κ3) is 1.78. The van der Waals surface area contributed by atoms with E-state index in [1.54, 1.807) is 12.1 Å². The summed E-state index contributed by atoms with van der Waals surface area (Å²) in [7, 11) is 0. The zero-order valence-corrected chi connectivity index (χ0v) is 11.1. The average Bonchev–Trinajstić information content (AvgIpc) is 2.89. The minimum absolute atomic E-state index is 0.275. The van der Waals surface area contributed by atoms with Crippen LogP contribution in [-0.4, -0.2) is 15.1 Å². The fourth-order valence-corrected chi connectivity index (χ4v) is 3.22. The number of hydrogen-bond acceptors (Lipinski definition) is 2. The van der Waals surface area contributed by atoms with Gasteiger partial charge in [-0.15, -0.1) is 0 Å². The van der Waals surface area contributed by atoms with Crippen molar-refractivity contribution in [2.45, 2.75) is 25.2 Å². The van der Waals surface area contributed by atoms with Crippen LogP contribution >= 0.6 is 0 Å². The predicted molar refractivity (Wildman–Crippen MR) is 79.0 cm³/mol. The molecule has 0 fully saturated rings. The van der Waals surface area contributed by atoms with Crippen LogP contribution < -0.4 is 0 Å². The largest absolute Gasteiger partial charge is 0.508 e. The van der Waals surface area contributed by atoms with Gasteiger partial charge in [0.15, 0.2) is 0 Å². The first-order valence-electron chi connectivity index (χ1n) is 7.08. The molecule has 3 nitrogen and oxygen atoms in total. The number of aromatic nitrogens is 2. The summed E-state index contributed by atoms with van der Waals surface area (Å²) < 4.78 is 0. The van der Waals surface area contributed by atoms with Crippen molar-refractivity contribution < 1.29 is 5.11 Å². The van der Waals surface area contributed by atoms with Gasteiger partial charge in [-0.25, -0.2) is 4.98 Å². The molecule has 1 aromatic heterocycles. The van der Waals surface area contributed by atoms with Gasteiger partial charge in [0.05, 0.1) is 11.0 Å². The SMILES string of the molecule is Oc1ccc2nc(C3CCCc4ccccc43)[nH]c2c1. The molecule has 20 heavy (non-hydrogen) atoms. The number of phenolic OH excluding ortho intramolecular Hbond substituents is 1. The Labute approximate surface area is 117 Å². The predicted octanol–water partition coefficient (Wildman–Crippen LogP) is 3.74. The van der Waals surface area contributed by atoms with Gasteiger partial charge in [-0.2, -0.15) is 0 Å². The van der Waals surface area contributed by atoms with Crippen molar-refractivity contribution in [1.29, 1.82) is 0 Å². The van der Waals surface area contributed by atoms with Gasteiger partial charge >= 0.3 is 0 Å². The summed E-state index contributed by atoms with van der Waals surface area (Å²) >= 11 is 0. The molecule has 1 aliphatic rings. The molecule has 3 heteroatoms.